The Labute approximate surface area is 197 Å². The van der Waals surface area contributed by atoms with E-state index in [4.69, 9.17) is 11.6 Å². The minimum atomic E-state index is -3.57. The van der Waals surface area contributed by atoms with Crippen molar-refractivity contribution in [2.45, 2.75) is 4.90 Å². The van der Waals surface area contributed by atoms with E-state index in [0.29, 0.717) is 37.7 Å². The third-order valence-electron chi connectivity index (χ3n) is 5.69. The lowest BCUT2D eigenvalue weighted by Crippen LogP contribution is -2.48. The third-order valence-corrected chi connectivity index (χ3v) is 7.77. The van der Waals surface area contributed by atoms with Crippen LogP contribution in [0.1, 0.15) is 0 Å². The zero-order chi connectivity index (χ0) is 22.8. The van der Waals surface area contributed by atoms with E-state index in [9.17, 15) is 8.42 Å². The van der Waals surface area contributed by atoms with E-state index in [0.717, 1.165) is 16.6 Å². The highest BCUT2D eigenvalue weighted by Gasteiger charge is 2.28. The van der Waals surface area contributed by atoms with Crippen molar-refractivity contribution >= 4 is 49.7 Å². The van der Waals surface area contributed by atoms with E-state index in [-0.39, 0.29) is 10.2 Å². The van der Waals surface area contributed by atoms with Crippen LogP contribution >= 0.6 is 11.6 Å². The zero-order valence-electron chi connectivity index (χ0n) is 17.7. The quantitative estimate of drug-likeness (QED) is 0.423. The highest BCUT2D eigenvalue weighted by molar-refractivity contribution is 7.89. The lowest BCUT2D eigenvalue weighted by atomic mass is 10.2. The number of halogens is 1. The van der Waals surface area contributed by atoms with Gasteiger partial charge in [0.25, 0.3) is 0 Å². The fraction of sp³-hybridized carbons (Fsp3) is 0.167. The highest BCUT2D eigenvalue weighted by atomic mass is 35.5. The van der Waals surface area contributed by atoms with Gasteiger partial charge in [0.15, 0.2) is 0 Å². The molecule has 33 heavy (non-hydrogen) atoms. The molecule has 9 heteroatoms. The van der Waals surface area contributed by atoms with Crippen molar-refractivity contribution in [2.75, 3.05) is 36.4 Å². The van der Waals surface area contributed by atoms with E-state index in [1.54, 1.807) is 28.6 Å². The minimum absolute atomic E-state index is 0.144. The van der Waals surface area contributed by atoms with Gasteiger partial charge in [0.1, 0.15) is 5.82 Å². The van der Waals surface area contributed by atoms with E-state index < -0.39 is 10.0 Å². The molecule has 1 aliphatic rings. The topological polar surface area (TPSA) is 78.4 Å². The summed E-state index contributed by atoms with van der Waals surface area (Å²) in [5.41, 5.74) is 2.55. The molecule has 0 unspecified atom stereocenters. The molecule has 1 fully saturated rings. The Balaban J connectivity index is 1.30. The van der Waals surface area contributed by atoms with Crippen LogP contribution in [0.2, 0.25) is 5.28 Å². The molecule has 1 aliphatic heterocycles. The average molecular weight is 480 g/mol. The Bertz CT molecular complexity index is 1370. The number of hydrogen-bond acceptors (Lipinski definition) is 6. The third kappa shape index (κ3) is 4.50. The summed E-state index contributed by atoms with van der Waals surface area (Å²) < 4.78 is 27.9. The van der Waals surface area contributed by atoms with Crippen molar-refractivity contribution in [1.82, 2.24) is 14.3 Å². The van der Waals surface area contributed by atoms with Gasteiger partial charge in [-0.05, 0) is 60.1 Å². The number of nitrogens with one attached hydrogen (secondary N) is 1. The summed E-state index contributed by atoms with van der Waals surface area (Å²) in [4.78, 5) is 11.0. The maximum absolute atomic E-state index is 13.2. The molecule has 1 saturated heterocycles. The summed E-state index contributed by atoms with van der Waals surface area (Å²) in [6.07, 6.45) is 0. The fourth-order valence-electron chi connectivity index (χ4n) is 3.97. The van der Waals surface area contributed by atoms with E-state index in [2.05, 4.69) is 20.2 Å². The molecular weight excluding hydrogens is 458 g/mol. The summed E-state index contributed by atoms with van der Waals surface area (Å²) in [6, 6.07) is 24.3. The molecule has 0 amide bonds. The number of anilines is 3. The van der Waals surface area contributed by atoms with Gasteiger partial charge >= 0.3 is 0 Å². The first-order chi connectivity index (χ1) is 16.0. The number of sulfonamides is 1. The van der Waals surface area contributed by atoms with Gasteiger partial charge in [0.05, 0.1) is 10.4 Å². The first-order valence-corrected chi connectivity index (χ1v) is 12.4. The molecule has 0 spiro atoms. The van der Waals surface area contributed by atoms with E-state index in [1.807, 2.05) is 54.6 Å². The second-order valence-corrected chi connectivity index (χ2v) is 10.0. The van der Waals surface area contributed by atoms with Crippen molar-refractivity contribution < 1.29 is 8.42 Å². The predicted molar refractivity (Wildman–Crippen MR) is 132 cm³/mol. The molecule has 4 aromatic rings. The monoisotopic (exact) mass is 479 g/mol. The van der Waals surface area contributed by atoms with Gasteiger partial charge in [-0.3, -0.25) is 0 Å². The van der Waals surface area contributed by atoms with Gasteiger partial charge in [-0.2, -0.15) is 9.29 Å². The first-order valence-electron chi connectivity index (χ1n) is 10.6. The van der Waals surface area contributed by atoms with E-state index >= 15 is 0 Å². The van der Waals surface area contributed by atoms with Gasteiger partial charge in [-0.25, -0.2) is 13.4 Å². The number of rotatable bonds is 5. The van der Waals surface area contributed by atoms with Crippen molar-refractivity contribution in [3.8, 4) is 0 Å². The van der Waals surface area contributed by atoms with Crippen LogP contribution in [0.25, 0.3) is 10.9 Å². The number of hydrogen-bond donors (Lipinski definition) is 1. The SMILES string of the molecule is O=S(=O)(c1ccc(Nc2nc(Cl)nc3ccccc23)cc1)N1CCN(c2ccccc2)CC1. The lowest BCUT2D eigenvalue weighted by molar-refractivity contribution is 0.385. The Morgan fingerprint density at radius 1 is 0.788 bits per heavy atom. The maximum Gasteiger partial charge on any atom is 0.243 e. The fourth-order valence-corrected chi connectivity index (χ4v) is 5.56. The van der Waals surface area contributed by atoms with Gasteiger partial charge in [-0.1, -0.05) is 30.3 Å². The van der Waals surface area contributed by atoms with Crippen LogP contribution in [0.15, 0.2) is 83.8 Å². The minimum Gasteiger partial charge on any atom is -0.369 e. The van der Waals surface area contributed by atoms with Crippen LogP contribution in [0.3, 0.4) is 0 Å². The Morgan fingerprint density at radius 3 is 2.18 bits per heavy atom. The van der Waals surface area contributed by atoms with Gasteiger partial charge in [-0.15, -0.1) is 0 Å². The summed E-state index contributed by atoms with van der Waals surface area (Å²) in [6.45, 7) is 2.21. The Morgan fingerprint density at radius 2 is 1.45 bits per heavy atom. The van der Waals surface area contributed by atoms with Crippen LogP contribution in [0, 0.1) is 0 Å². The molecular formula is C24H22ClN5O2S. The predicted octanol–water partition coefficient (Wildman–Crippen LogP) is 4.54. The van der Waals surface area contributed by atoms with Crippen molar-refractivity contribution in [3.05, 3.63) is 84.1 Å². The number of para-hydroxylation sites is 2. The second-order valence-electron chi connectivity index (χ2n) is 7.73. The number of benzene rings is 3. The summed E-state index contributed by atoms with van der Waals surface area (Å²) in [5.74, 6) is 0.568. The number of aromatic nitrogens is 2. The van der Waals surface area contributed by atoms with E-state index in [1.165, 1.54) is 0 Å². The second kappa shape index (κ2) is 8.97. The van der Waals surface area contributed by atoms with Gasteiger partial charge < -0.3 is 10.2 Å². The normalized spacial score (nSPS) is 15.0. The zero-order valence-corrected chi connectivity index (χ0v) is 19.3. The smallest absolute Gasteiger partial charge is 0.243 e. The molecule has 168 valence electrons. The average Bonchev–Trinajstić information content (AvgIpc) is 2.85. The largest absolute Gasteiger partial charge is 0.369 e. The van der Waals surface area contributed by atoms with Crippen LogP contribution in [0.4, 0.5) is 17.2 Å². The molecule has 0 bridgehead atoms. The Kier molecular flexibility index (Phi) is 5.88. The number of fused-ring (bicyclic) bond motifs is 1. The summed E-state index contributed by atoms with van der Waals surface area (Å²) >= 11 is 6.06. The molecule has 1 N–H and O–H groups in total. The molecule has 0 saturated carbocycles. The van der Waals surface area contributed by atoms with Crippen LogP contribution in [-0.4, -0.2) is 48.9 Å². The highest BCUT2D eigenvalue weighted by Crippen LogP contribution is 2.27. The van der Waals surface area contributed by atoms with Gasteiger partial charge in [0.2, 0.25) is 15.3 Å². The maximum atomic E-state index is 13.2. The number of piperazine rings is 1. The first kappa shape index (κ1) is 21.6. The van der Waals surface area contributed by atoms with Crippen LogP contribution < -0.4 is 10.2 Å². The molecule has 0 aliphatic carbocycles. The molecule has 5 rings (SSSR count). The molecule has 0 atom stereocenters. The molecule has 0 radical (unpaired) electrons. The summed E-state index contributed by atoms with van der Waals surface area (Å²) in [5, 5.41) is 4.19. The van der Waals surface area contributed by atoms with Crippen LogP contribution in [-0.2, 0) is 10.0 Å². The van der Waals surface area contributed by atoms with Crippen molar-refractivity contribution in [2.24, 2.45) is 0 Å². The van der Waals surface area contributed by atoms with Crippen molar-refractivity contribution in [1.29, 1.82) is 0 Å². The molecule has 3 aromatic carbocycles. The Hall–Kier alpha value is -3.20. The molecule has 2 heterocycles. The summed E-state index contributed by atoms with van der Waals surface area (Å²) in [7, 11) is -3.57. The number of nitrogens with zero attached hydrogens (tertiary/aromatic N) is 4. The molecule has 1 aromatic heterocycles. The van der Waals surface area contributed by atoms with Gasteiger partial charge in [0, 0.05) is 42.9 Å². The molecule has 7 nitrogen and oxygen atoms in total. The van der Waals surface area contributed by atoms with Crippen molar-refractivity contribution in [3.63, 3.8) is 0 Å². The standard InChI is InChI=1S/C24H22ClN5O2S/c25-24-27-22-9-5-4-8-21(22)23(28-24)26-18-10-12-20(13-11-18)33(31,32)30-16-14-29(15-17-30)19-6-2-1-3-7-19/h1-13H,14-17H2,(H,26,27,28). The lowest BCUT2D eigenvalue weighted by Gasteiger charge is -2.35. The van der Waals surface area contributed by atoms with Crippen LogP contribution in [0.5, 0.6) is 0 Å².